The van der Waals surface area contributed by atoms with Crippen molar-refractivity contribution in [2.45, 2.75) is 13.0 Å². The fraction of sp³-hybridized carbons (Fsp3) is 0.308. The molecule has 4 nitrogen and oxygen atoms in total. The van der Waals surface area contributed by atoms with E-state index < -0.39 is 0 Å². The molecule has 0 spiro atoms. The monoisotopic (exact) mass is 265 g/mol. The van der Waals surface area contributed by atoms with Crippen molar-refractivity contribution in [1.82, 2.24) is 9.78 Å². The summed E-state index contributed by atoms with van der Waals surface area (Å²) >= 11 is 6.10. The van der Waals surface area contributed by atoms with Gasteiger partial charge in [-0.2, -0.15) is 5.10 Å². The molecule has 2 N–H and O–H groups in total. The fourth-order valence-electron chi connectivity index (χ4n) is 1.78. The normalized spacial score (nSPS) is 10.6. The first-order chi connectivity index (χ1) is 8.72. The number of benzene rings is 1. The zero-order valence-electron chi connectivity index (χ0n) is 10.3. The third-order valence-electron chi connectivity index (χ3n) is 2.80. The minimum Gasteiger partial charge on any atom is -0.491 e. The lowest BCUT2D eigenvalue weighted by molar-refractivity contribution is 0.315. The van der Waals surface area contributed by atoms with Crippen LogP contribution in [-0.2, 0) is 20.0 Å². The third-order valence-corrected chi connectivity index (χ3v) is 3.09. The molecular weight excluding hydrogens is 250 g/mol. The van der Waals surface area contributed by atoms with Crippen molar-refractivity contribution in [2.24, 2.45) is 12.8 Å². The van der Waals surface area contributed by atoms with Gasteiger partial charge in [-0.1, -0.05) is 23.7 Å². The minimum atomic E-state index is 0.418. The summed E-state index contributed by atoms with van der Waals surface area (Å²) in [5.74, 6) is 0.684. The van der Waals surface area contributed by atoms with Crippen LogP contribution in [0.1, 0.15) is 11.3 Å². The Morgan fingerprint density at radius 3 is 2.89 bits per heavy atom. The number of hydrogen-bond donors (Lipinski definition) is 1. The first-order valence-corrected chi connectivity index (χ1v) is 6.17. The Balaban J connectivity index is 2.00. The molecule has 1 aromatic heterocycles. The molecule has 2 aromatic rings. The highest BCUT2D eigenvalue weighted by atomic mass is 35.5. The van der Waals surface area contributed by atoms with Gasteiger partial charge in [-0.05, 0) is 12.1 Å². The quantitative estimate of drug-likeness (QED) is 0.901. The average molecular weight is 266 g/mol. The molecule has 0 aliphatic heterocycles. The second-order valence-electron chi connectivity index (χ2n) is 3.98. The molecule has 0 radical (unpaired) electrons. The predicted molar refractivity (Wildman–Crippen MR) is 71.8 cm³/mol. The number of para-hydroxylation sites is 1. The lowest BCUT2D eigenvalue weighted by Crippen LogP contribution is -2.08. The lowest BCUT2D eigenvalue weighted by atomic mass is 10.2. The van der Waals surface area contributed by atoms with Gasteiger partial charge in [0.15, 0.2) is 0 Å². The van der Waals surface area contributed by atoms with Crippen molar-refractivity contribution in [3.8, 4) is 5.75 Å². The predicted octanol–water partition coefficient (Wildman–Crippen LogP) is 2.15. The summed E-state index contributed by atoms with van der Waals surface area (Å²) in [5, 5.41) is 4.71. The van der Waals surface area contributed by atoms with Crippen LogP contribution in [0.15, 0.2) is 30.5 Å². The van der Waals surface area contributed by atoms with Crippen LogP contribution in [0.3, 0.4) is 0 Å². The van der Waals surface area contributed by atoms with Crippen molar-refractivity contribution in [1.29, 1.82) is 0 Å². The van der Waals surface area contributed by atoms with Crippen LogP contribution < -0.4 is 10.5 Å². The summed E-state index contributed by atoms with van der Waals surface area (Å²) in [6, 6.07) is 7.57. The second kappa shape index (κ2) is 5.89. The van der Waals surface area contributed by atoms with Crippen LogP contribution >= 0.6 is 11.6 Å². The average Bonchev–Trinajstić information content (AvgIpc) is 2.77. The Kier molecular flexibility index (Phi) is 4.23. The highest BCUT2D eigenvalue weighted by molar-refractivity contribution is 6.32. The zero-order valence-corrected chi connectivity index (χ0v) is 11.0. The number of aryl methyl sites for hydroxylation is 1. The van der Waals surface area contributed by atoms with Crippen molar-refractivity contribution < 1.29 is 4.74 Å². The van der Waals surface area contributed by atoms with Crippen LogP contribution in [0.4, 0.5) is 0 Å². The summed E-state index contributed by atoms with van der Waals surface area (Å²) in [7, 11) is 1.91. The molecule has 1 heterocycles. The van der Waals surface area contributed by atoms with E-state index in [2.05, 4.69) is 5.10 Å². The third kappa shape index (κ3) is 2.83. The van der Waals surface area contributed by atoms with E-state index in [4.69, 9.17) is 22.1 Å². The number of nitrogens with two attached hydrogens (primary N) is 1. The van der Waals surface area contributed by atoms with Gasteiger partial charge >= 0.3 is 0 Å². The Labute approximate surface area is 111 Å². The van der Waals surface area contributed by atoms with E-state index in [0.717, 1.165) is 17.7 Å². The molecule has 0 amide bonds. The van der Waals surface area contributed by atoms with E-state index in [9.17, 15) is 0 Å². The van der Waals surface area contributed by atoms with Gasteiger partial charge in [0.1, 0.15) is 5.75 Å². The Morgan fingerprint density at radius 1 is 1.39 bits per heavy atom. The van der Waals surface area contributed by atoms with E-state index >= 15 is 0 Å². The van der Waals surface area contributed by atoms with Crippen molar-refractivity contribution in [3.63, 3.8) is 0 Å². The molecule has 0 aliphatic carbocycles. The molecule has 0 bridgehead atoms. The van der Waals surface area contributed by atoms with Gasteiger partial charge < -0.3 is 10.5 Å². The van der Waals surface area contributed by atoms with Crippen molar-refractivity contribution in [2.75, 3.05) is 6.61 Å². The molecule has 0 aliphatic rings. The molecule has 0 atom stereocenters. The summed E-state index contributed by atoms with van der Waals surface area (Å²) in [6.07, 6.45) is 2.56. The van der Waals surface area contributed by atoms with Crippen LogP contribution in [0.25, 0.3) is 0 Å². The SMILES string of the molecule is Cn1nccc1CCOc1c(Cl)cccc1CN. The van der Waals surface area contributed by atoms with Gasteiger partial charge in [0.2, 0.25) is 0 Å². The van der Waals surface area contributed by atoms with Gasteiger partial charge in [-0.3, -0.25) is 4.68 Å². The van der Waals surface area contributed by atoms with Crippen LogP contribution in [0.2, 0.25) is 5.02 Å². The summed E-state index contributed by atoms with van der Waals surface area (Å²) in [4.78, 5) is 0. The maximum Gasteiger partial charge on any atom is 0.142 e. The molecule has 0 unspecified atom stereocenters. The number of aromatic nitrogens is 2. The largest absolute Gasteiger partial charge is 0.491 e. The molecule has 2 rings (SSSR count). The summed E-state index contributed by atoms with van der Waals surface area (Å²) in [5.41, 5.74) is 7.70. The van der Waals surface area contributed by atoms with Gasteiger partial charge in [-0.25, -0.2) is 0 Å². The van der Waals surface area contributed by atoms with Crippen LogP contribution in [0.5, 0.6) is 5.75 Å². The van der Waals surface area contributed by atoms with E-state index in [0.29, 0.717) is 23.9 Å². The molecule has 5 heteroatoms. The summed E-state index contributed by atoms with van der Waals surface area (Å²) < 4.78 is 7.57. The molecule has 0 saturated heterocycles. The molecule has 1 aromatic carbocycles. The topological polar surface area (TPSA) is 53.1 Å². The number of halogens is 1. The standard InChI is InChI=1S/C13H16ClN3O/c1-17-11(5-7-16-17)6-8-18-13-10(9-15)3-2-4-12(13)14/h2-5,7H,6,8-9,15H2,1H3. The summed E-state index contributed by atoms with van der Waals surface area (Å²) in [6.45, 7) is 0.970. The fourth-order valence-corrected chi connectivity index (χ4v) is 2.03. The molecule has 18 heavy (non-hydrogen) atoms. The Bertz CT molecular complexity index is 525. The number of nitrogens with zero attached hydrogens (tertiary/aromatic N) is 2. The van der Waals surface area contributed by atoms with Crippen LogP contribution in [0, 0.1) is 0 Å². The Morgan fingerprint density at radius 2 is 2.22 bits per heavy atom. The second-order valence-corrected chi connectivity index (χ2v) is 4.38. The number of rotatable bonds is 5. The smallest absolute Gasteiger partial charge is 0.142 e. The molecule has 0 fully saturated rings. The maximum atomic E-state index is 6.10. The number of hydrogen-bond acceptors (Lipinski definition) is 3. The Hall–Kier alpha value is -1.52. The van der Waals surface area contributed by atoms with Crippen molar-refractivity contribution >= 4 is 11.6 Å². The van der Waals surface area contributed by atoms with Crippen molar-refractivity contribution in [3.05, 3.63) is 46.7 Å². The molecule has 96 valence electrons. The maximum absolute atomic E-state index is 6.10. The molecule has 0 saturated carbocycles. The molecular formula is C13H16ClN3O. The van der Waals surface area contributed by atoms with E-state index in [1.165, 1.54) is 0 Å². The van der Waals surface area contributed by atoms with Crippen LogP contribution in [-0.4, -0.2) is 16.4 Å². The van der Waals surface area contributed by atoms with Gasteiger partial charge in [0, 0.05) is 37.5 Å². The van der Waals surface area contributed by atoms with Gasteiger partial charge in [-0.15, -0.1) is 0 Å². The first-order valence-electron chi connectivity index (χ1n) is 5.79. The lowest BCUT2D eigenvalue weighted by Gasteiger charge is -2.12. The van der Waals surface area contributed by atoms with Gasteiger partial charge in [0.25, 0.3) is 0 Å². The van der Waals surface area contributed by atoms with Gasteiger partial charge in [0.05, 0.1) is 11.6 Å². The highest BCUT2D eigenvalue weighted by Crippen LogP contribution is 2.28. The van der Waals surface area contributed by atoms with E-state index in [1.54, 1.807) is 12.3 Å². The first kappa shape index (κ1) is 12.9. The highest BCUT2D eigenvalue weighted by Gasteiger charge is 2.07. The van der Waals surface area contributed by atoms with E-state index in [-0.39, 0.29) is 0 Å². The zero-order chi connectivity index (χ0) is 13.0. The minimum absolute atomic E-state index is 0.418. The number of ether oxygens (including phenoxy) is 1. The van der Waals surface area contributed by atoms with E-state index in [1.807, 2.05) is 29.9 Å².